The van der Waals surface area contributed by atoms with Crippen molar-refractivity contribution < 1.29 is 14.6 Å². The van der Waals surface area contributed by atoms with Gasteiger partial charge in [-0.25, -0.2) is 0 Å². The van der Waals surface area contributed by atoms with Gasteiger partial charge in [-0.2, -0.15) is 0 Å². The van der Waals surface area contributed by atoms with E-state index in [0.29, 0.717) is 13.0 Å². The number of rotatable bonds is 5. The maximum absolute atomic E-state index is 12.0. The number of hydrogen-bond donors (Lipinski definition) is 1. The molecule has 0 spiro atoms. The molecule has 0 saturated carbocycles. The van der Waals surface area contributed by atoms with E-state index in [1.165, 1.54) is 0 Å². The van der Waals surface area contributed by atoms with Crippen LogP contribution >= 0.6 is 11.3 Å². The first-order valence-corrected chi connectivity index (χ1v) is 8.40. The van der Waals surface area contributed by atoms with Crippen molar-refractivity contribution in [3.8, 4) is 0 Å². The van der Waals surface area contributed by atoms with Gasteiger partial charge in [0.05, 0.1) is 12.6 Å². The average molecular weight is 311 g/mol. The minimum absolute atomic E-state index is 0.181. The van der Waals surface area contributed by atoms with Crippen LogP contribution in [-0.2, 0) is 9.53 Å². The van der Waals surface area contributed by atoms with Crippen LogP contribution in [0.4, 0.5) is 0 Å². The van der Waals surface area contributed by atoms with Gasteiger partial charge in [0, 0.05) is 10.9 Å². The molecule has 1 fully saturated rings. The highest BCUT2D eigenvalue weighted by Crippen LogP contribution is 2.29. The number of aliphatic hydroxyl groups excluding tert-OH is 1. The fourth-order valence-electron chi connectivity index (χ4n) is 2.76. The van der Waals surface area contributed by atoms with E-state index < -0.39 is 11.7 Å². The Hall–Kier alpha value is -0.910. The van der Waals surface area contributed by atoms with Crippen LogP contribution in [-0.4, -0.2) is 40.7 Å². The molecule has 2 unspecified atom stereocenters. The van der Waals surface area contributed by atoms with E-state index in [1.807, 2.05) is 38.3 Å². The number of carbonyl (C=O) groups excluding carboxylic acids is 1. The normalized spacial score (nSPS) is 21.4. The van der Waals surface area contributed by atoms with Crippen molar-refractivity contribution in [1.29, 1.82) is 0 Å². The minimum Gasteiger partial charge on any atom is -0.459 e. The van der Waals surface area contributed by atoms with Crippen molar-refractivity contribution in [3.63, 3.8) is 0 Å². The number of nitrogens with zero attached hydrogens (tertiary/aromatic N) is 1. The van der Waals surface area contributed by atoms with Crippen LogP contribution < -0.4 is 0 Å². The van der Waals surface area contributed by atoms with Gasteiger partial charge in [0.25, 0.3) is 0 Å². The summed E-state index contributed by atoms with van der Waals surface area (Å²) >= 11 is 1.58. The van der Waals surface area contributed by atoms with Crippen LogP contribution in [0.3, 0.4) is 0 Å². The Bertz CT molecular complexity index is 453. The molecule has 1 N–H and O–H groups in total. The largest absolute Gasteiger partial charge is 0.459 e. The van der Waals surface area contributed by atoms with Crippen molar-refractivity contribution in [2.45, 2.75) is 57.8 Å². The molecular formula is C16H25NO3S. The van der Waals surface area contributed by atoms with E-state index in [9.17, 15) is 9.90 Å². The second-order valence-corrected chi connectivity index (χ2v) is 7.60. The lowest BCUT2D eigenvalue weighted by Crippen LogP contribution is -2.38. The molecule has 2 rings (SSSR count). The van der Waals surface area contributed by atoms with E-state index in [4.69, 9.17) is 4.74 Å². The number of carbonyl (C=O) groups is 1. The van der Waals surface area contributed by atoms with Gasteiger partial charge in [0.1, 0.15) is 5.60 Å². The predicted molar refractivity (Wildman–Crippen MR) is 84.3 cm³/mol. The first-order valence-electron chi connectivity index (χ1n) is 7.52. The van der Waals surface area contributed by atoms with Crippen LogP contribution in [0, 0.1) is 0 Å². The Morgan fingerprint density at radius 2 is 2.33 bits per heavy atom. The zero-order chi connectivity index (χ0) is 15.5. The minimum atomic E-state index is -0.442. The lowest BCUT2D eigenvalue weighted by Gasteiger charge is -2.27. The van der Waals surface area contributed by atoms with Gasteiger partial charge < -0.3 is 9.84 Å². The Morgan fingerprint density at radius 1 is 1.57 bits per heavy atom. The quantitative estimate of drug-likeness (QED) is 0.849. The summed E-state index contributed by atoms with van der Waals surface area (Å²) in [5.41, 5.74) is -0.442. The lowest BCUT2D eigenvalue weighted by molar-refractivity contribution is -0.156. The van der Waals surface area contributed by atoms with Gasteiger partial charge in [-0.15, -0.1) is 11.3 Å². The van der Waals surface area contributed by atoms with Crippen molar-refractivity contribution >= 4 is 17.3 Å². The maximum atomic E-state index is 12.0. The molecule has 1 saturated heterocycles. The third kappa shape index (κ3) is 5.09. The van der Waals surface area contributed by atoms with Crippen molar-refractivity contribution in [2.24, 2.45) is 0 Å². The average Bonchev–Trinajstić information content (AvgIpc) is 2.98. The lowest BCUT2D eigenvalue weighted by atomic mass is 10.1. The maximum Gasteiger partial charge on any atom is 0.320 e. The highest BCUT2D eigenvalue weighted by atomic mass is 32.1. The summed E-state index contributed by atoms with van der Waals surface area (Å²) < 4.78 is 5.38. The smallest absolute Gasteiger partial charge is 0.320 e. The molecular weight excluding hydrogens is 286 g/mol. The fourth-order valence-corrected chi connectivity index (χ4v) is 3.49. The Kier molecular flexibility index (Phi) is 5.41. The fraction of sp³-hybridized carbons (Fsp3) is 0.688. The predicted octanol–water partition coefficient (Wildman–Crippen LogP) is 2.98. The van der Waals surface area contributed by atoms with Crippen LogP contribution in [0.1, 0.15) is 51.0 Å². The Balaban J connectivity index is 1.87. The molecule has 1 aliphatic rings. The molecule has 0 amide bonds. The van der Waals surface area contributed by atoms with Crippen LogP contribution in [0.2, 0.25) is 0 Å². The molecule has 1 aliphatic heterocycles. The van der Waals surface area contributed by atoms with E-state index in [-0.39, 0.29) is 12.0 Å². The van der Waals surface area contributed by atoms with E-state index in [1.54, 1.807) is 11.3 Å². The highest BCUT2D eigenvalue weighted by molar-refractivity contribution is 7.10. The van der Waals surface area contributed by atoms with Crippen molar-refractivity contribution in [2.75, 3.05) is 13.1 Å². The summed E-state index contributed by atoms with van der Waals surface area (Å²) in [6.45, 7) is 6.87. The molecule has 0 radical (unpaired) electrons. The summed E-state index contributed by atoms with van der Waals surface area (Å²) in [5, 5.41) is 12.3. The molecule has 0 aliphatic carbocycles. The number of likely N-dealkylation sites (tertiary alicyclic amines) is 1. The first-order chi connectivity index (χ1) is 9.85. The molecule has 2 atom stereocenters. The summed E-state index contributed by atoms with van der Waals surface area (Å²) in [4.78, 5) is 15.1. The summed E-state index contributed by atoms with van der Waals surface area (Å²) in [5.74, 6) is -0.181. The van der Waals surface area contributed by atoms with Gasteiger partial charge in [-0.05, 0) is 58.0 Å². The third-order valence-electron chi connectivity index (χ3n) is 3.62. The zero-order valence-electron chi connectivity index (χ0n) is 13.0. The number of ether oxygens (including phenoxy) is 1. The summed E-state index contributed by atoms with van der Waals surface area (Å²) in [6, 6.07) is 4.17. The second-order valence-electron chi connectivity index (χ2n) is 6.62. The van der Waals surface area contributed by atoms with Gasteiger partial charge in [-0.3, -0.25) is 9.69 Å². The number of aliphatic hydroxyl groups is 1. The summed E-state index contributed by atoms with van der Waals surface area (Å²) in [7, 11) is 0. The van der Waals surface area contributed by atoms with Crippen LogP contribution in [0.15, 0.2) is 17.5 Å². The molecule has 1 aromatic heterocycles. The summed E-state index contributed by atoms with van der Waals surface area (Å²) in [6.07, 6.45) is 2.35. The van der Waals surface area contributed by atoms with Crippen molar-refractivity contribution in [1.82, 2.24) is 4.90 Å². The number of thiophene rings is 1. The molecule has 2 heterocycles. The van der Waals surface area contributed by atoms with Gasteiger partial charge >= 0.3 is 5.97 Å². The molecule has 118 valence electrons. The van der Waals surface area contributed by atoms with E-state index in [2.05, 4.69) is 4.90 Å². The molecule has 0 aromatic carbocycles. The SMILES string of the molecule is CC(C)(C)OC(=O)CN1CCCC1CC(O)c1cccs1. The van der Waals surface area contributed by atoms with Crippen LogP contribution in [0.25, 0.3) is 0 Å². The third-order valence-corrected chi connectivity index (χ3v) is 4.59. The highest BCUT2D eigenvalue weighted by Gasteiger charge is 2.30. The molecule has 0 bridgehead atoms. The molecule has 5 heteroatoms. The zero-order valence-corrected chi connectivity index (χ0v) is 13.9. The number of hydrogen-bond acceptors (Lipinski definition) is 5. The second kappa shape index (κ2) is 6.90. The Morgan fingerprint density at radius 3 is 2.95 bits per heavy atom. The van der Waals surface area contributed by atoms with E-state index >= 15 is 0 Å². The molecule has 21 heavy (non-hydrogen) atoms. The Labute approximate surface area is 130 Å². The molecule has 4 nitrogen and oxygen atoms in total. The molecule has 1 aromatic rings. The standard InChI is InChI=1S/C16H25NO3S/c1-16(2,3)20-15(19)11-17-8-4-6-12(17)10-13(18)14-7-5-9-21-14/h5,7,9,12-13,18H,4,6,8,10-11H2,1-3H3. The van der Waals surface area contributed by atoms with Gasteiger partial charge in [-0.1, -0.05) is 6.07 Å². The van der Waals surface area contributed by atoms with Gasteiger partial charge in [0.15, 0.2) is 0 Å². The monoisotopic (exact) mass is 311 g/mol. The topological polar surface area (TPSA) is 49.8 Å². The van der Waals surface area contributed by atoms with Crippen molar-refractivity contribution in [3.05, 3.63) is 22.4 Å². The van der Waals surface area contributed by atoms with Gasteiger partial charge in [0.2, 0.25) is 0 Å². The first kappa shape index (κ1) is 16.5. The van der Waals surface area contributed by atoms with Crippen LogP contribution in [0.5, 0.6) is 0 Å². The van der Waals surface area contributed by atoms with E-state index in [0.717, 1.165) is 24.3 Å². The number of esters is 1.